The Hall–Kier alpha value is 0.924. The van der Waals surface area contributed by atoms with Crippen LogP contribution in [0.4, 0.5) is 0 Å². The molecule has 0 aromatic carbocycles. The van der Waals surface area contributed by atoms with Gasteiger partial charge in [0.15, 0.2) is 0 Å². The minimum atomic E-state index is 0. The van der Waals surface area contributed by atoms with E-state index in [0.29, 0.717) is 7.92 Å². The summed E-state index contributed by atoms with van der Waals surface area (Å²) in [5.41, 5.74) is 2.31. The van der Waals surface area contributed by atoms with Crippen LogP contribution in [-0.4, -0.2) is 16.5 Å². The van der Waals surface area contributed by atoms with Gasteiger partial charge in [-0.1, -0.05) is 72.6 Å². The Kier molecular flexibility index (Phi) is 7.55. The molecule has 0 aromatic heterocycles. The zero-order chi connectivity index (χ0) is 13.8. The molecule has 21 heavy (non-hydrogen) atoms. The van der Waals surface area contributed by atoms with E-state index in [1.54, 1.807) is 64.2 Å². The van der Waals surface area contributed by atoms with Crippen LogP contribution in [0.2, 0.25) is 0 Å². The van der Waals surface area contributed by atoms with Gasteiger partial charge < -0.3 is 0 Å². The van der Waals surface area contributed by atoms with Crippen LogP contribution in [0.25, 0.3) is 0 Å². The first-order valence-corrected chi connectivity index (χ1v) is 11.1. The van der Waals surface area contributed by atoms with Crippen LogP contribution >= 0.6 is 7.92 Å². The molecule has 3 saturated carbocycles. The van der Waals surface area contributed by atoms with Crippen LogP contribution < -0.4 is 0 Å². The molecule has 3 aliphatic rings. The Morgan fingerprint density at radius 2 is 1.00 bits per heavy atom. The minimum absolute atomic E-state index is 0. The third-order valence-corrected chi connectivity index (χ3v) is 10.8. The van der Waals surface area contributed by atoms with E-state index in [-0.39, 0.29) is 16.5 Å². The molecule has 3 rings (SSSR count). The SMILES string of the molecule is CC1(P(C2CCCCC2)C2CCCCC2)CCCCC1.[Ni]. The molecule has 0 N–H and O–H groups in total. The molecule has 0 radical (unpaired) electrons. The van der Waals surface area contributed by atoms with E-state index in [1.807, 2.05) is 0 Å². The van der Waals surface area contributed by atoms with Crippen LogP contribution in [0.3, 0.4) is 0 Å². The van der Waals surface area contributed by atoms with Crippen molar-refractivity contribution in [3.05, 3.63) is 0 Å². The van der Waals surface area contributed by atoms with Crippen molar-refractivity contribution in [3.63, 3.8) is 0 Å². The minimum Gasteiger partial charge on any atom is -0.0942 e. The van der Waals surface area contributed by atoms with Gasteiger partial charge in [0.2, 0.25) is 0 Å². The average molecular weight is 353 g/mol. The molecule has 0 atom stereocenters. The fourth-order valence-corrected chi connectivity index (χ4v) is 10.5. The van der Waals surface area contributed by atoms with Crippen LogP contribution in [0.1, 0.15) is 103 Å². The van der Waals surface area contributed by atoms with E-state index in [2.05, 4.69) is 6.92 Å². The summed E-state index contributed by atoms with van der Waals surface area (Å²) in [6.07, 6.45) is 23.4. The first-order valence-electron chi connectivity index (χ1n) is 9.58. The molecule has 2 heteroatoms. The number of rotatable bonds is 3. The third kappa shape index (κ3) is 4.47. The number of hydrogen-bond donors (Lipinski definition) is 0. The van der Waals surface area contributed by atoms with Gasteiger partial charge in [-0.15, -0.1) is 0 Å². The maximum absolute atomic E-state index is 2.72. The third-order valence-electron chi connectivity index (χ3n) is 6.49. The predicted molar refractivity (Wildman–Crippen MR) is 92.2 cm³/mol. The van der Waals surface area contributed by atoms with Gasteiger partial charge in [0.25, 0.3) is 0 Å². The van der Waals surface area contributed by atoms with Crippen molar-refractivity contribution in [2.45, 2.75) is 120 Å². The summed E-state index contributed by atoms with van der Waals surface area (Å²) in [4.78, 5) is 0. The summed E-state index contributed by atoms with van der Waals surface area (Å²) in [6, 6.07) is 0. The Morgan fingerprint density at radius 3 is 1.43 bits per heavy atom. The zero-order valence-electron chi connectivity index (χ0n) is 14.0. The Balaban J connectivity index is 0.00000161. The molecular formula is C19H35NiP. The van der Waals surface area contributed by atoms with Crippen molar-refractivity contribution < 1.29 is 16.5 Å². The topological polar surface area (TPSA) is 0 Å². The first kappa shape index (κ1) is 18.3. The summed E-state index contributed by atoms with van der Waals surface area (Å²) in [5.74, 6) is 0. The molecule has 0 bridgehead atoms. The Bertz CT molecular complexity index is 268. The summed E-state index contributed by atoms with van der Waals surface area (Å²) in [6.45, 7) is 2.72. The van der Waals surface area contributed by atoms with Gasteiger partial charge in [0.05, 0.1) is 0 Å². The maximum Gasteiger partial charge on any atom is 0 e. The quantitative estimate of drug-likeness (QED) is 0.384. The van der Waals surface area contributed by atoms with Gasteiger partial charge >= 0.3 is 0 Å². The molecule has 3 fully saturated rings. The second kappa shape index (κ2) is 8.69. The van der Waals surface area contributed by atoms with Crippen molar-refractivity contribution in [2.24, 2.45) is 0 Å². The van der Waals surface area contributed by atoms with Gasteiger partial charge in [-0.25, -0.2) is 0 Å². The van der Waals surface area contributed by atoms with E-state index in [1.165, 1.54) is 32.1 Å². The molecule has 0 aromatic rings. The van der Waals surface area contributed by atoms with Gasteiger partial charge in [0.1, 0.15) is 0 Å². The fraction of sp³-hybridized carbons (Fsp3) is 1.00. The van der Waals surface area contributed by atoms with Crippen LogP contribution in [0, 0.1) is 0 Å². The summed E-state index contributed by atoms with van der Waals surface area (Å²) in [7, 11) is 0.303. The van der Waals surface area contributed by atoms with Gasteiger partial charge in [-0.3, -0.25) is 0 Å². The zero-order valence-corrected chi connectivity index (χ0v) is 15.9. The van der Waals surface area contributed by atoms with Gasteiger partial charge in [-0.05, 0) is 55.0 Å². The largest absolute Gasteiger partial charge is 0.0942 e. The monoisotopic (exact) mass is 352 g/mol. The Morgan fingerprint density at radius 1 is 0.619 bits per heavy atom. The molecule has 0 unspecified atom stereocenters. The first-order chi connectivity index (χ1) is 9.80. The normalized spacial score (nSPS) is 28.3. The standard InChI is InChI=1S/C19H35P.Ni/c1-19(15-9-4-10-16-19)20(17-11-5-2-6-12-17)18-13-7-3-8-14-18;/h17-18H,2-16H2,1H3;. The predicted octanol–water partition coefficient (Wildman–Crippen LogP) is 6.85. The number of hydrogen-bond acceptors (Lipinski definition) is 0. The Labute approximate surface area is 144 Å². The average Bonchev–Trinajstić information content (AvgIpc) is 2.50. The van der Waals surface area contributed by atoms with E-state index in [4.69, 9.17) is 0 Å². The van der Waals surface area contributed by atoms with Crippen LogP contribution in [0.15, 0.2) is 0 Å². The molecule has 3 aliphatic carbocycles. The van der Waals surface area contributed by atoms with Gasteiger partial charge in [0, 0.05) is 16.5 Å². The summed E-state index contributed by atoms with van der Waals surface area (Å²) < 4.78 is 0. The van der Waals surface area contributed by atoms with Crippen LogP contribution in [0.5, 0.6) is 0 Å². The van der Waals surface area contributed by atoms with E-state index < -0.39 is 0 Å². The van der Waals surface area contributed by atoms with Crippen molar-refractivity contribution in [1.82, 2.24) is 0 Å². The smallest absolute Gasteiger partial charge is 0 e. The summed E-state index contributed by atoms with van der Waals surface area (Å²) in [5, 5.41) is 0.775. The maximum atomic E-state index is 2.72. The van der Waals surface area contributed by atoms with Crippen LogP contribution in [-0.2, 0) is 16.5 Å². The molecule has 0 spiro atoms. The molecule has 126 valence electrons. The van der Waals surface area contributed by atoms with E-state index in [0.717, 1.165) is 16.5 Å². The molecule has 0 amide bonds. The van der Waals surface area contributed by atoms with Crippen molar-refractivity contribution in [2.75, 3.05) is 0 Å². The van der Waals surface area contributed by atoms with E-state index >= 15 is 0 Å². The molecule has 0 aliphatic heterocycles. The molecule has 0 nitrogen and oxygen atoms in total. The van der Waals surface area contributed by atoms with E-state index in [9.17, 15) is 0 Å². The summed E-state index contributed by atoms with van der Waals surface area (Å²) >= 11 is 0. The second-order valence-corrected chi connectivity index (χ2v) is 11.4. The van der Waals surface area contributed by atoms with Crippen molar-refractivity contribution in [3.8, 4) is 0 Å². The molecular weight excluding hydrogens is 318 g/mol. The van der Waals surface area contributed by atoms with Crippen molar-refractivity contribution >= 4 is 7.92 Å². The molecule has 0 heterocycles. The van der Waals surface area contributed by atoms with Crippen molar-refractivity contribution in [1.29, 1.82) is 0 Å². The fourth-order valence-electron chi connectivity index (χ4n) is 5.47. The molecule has 0 saturated heterocycles. The van der Waals surface area contributed by atoms with Gasteiger partial charge in [-0.2, -0.15) is 0 Å². The second-order valence-electron chi connectivity index (χ2n) is 8.05.